The molecule has 1 aliphatic heterocycles. The fraction of sp³-hybridized carbons (Fsp3) is 0.304. The quantitative estimate of drug-likeness (QED) is 0.602. The summed E-state index contributed by atoms with van der Waals surface area (Å²) in [6, 6.07) is 10.9. The van der Waals surface area contributed by atoms with Crippen LogP contribution in [0.25, 0.3) is 11.4 Å². The number of aliphatic hydroxyl groups excluding tert-OH is 1. The summed E-state index contributed by atoms with van der Waals surface area (Å²) in [6.45, 7) is 4.84. The first-order chi connectivity index (χ1) is 15.6. The lowest BCUT2D eigenvalue weighted by Gasteiger charge is -2.28. The summed E-state index contributed by atoms with van der Waals surface area (Å²) in [7, 11) is 0. The lowest BCUT2D eigenvalue weighted by molar-refractivity contribution is 0.122. The first kappa shape index (κ1) is 21.6. The average molecular weight is 432 g/mol. The molecule has 1 aromatic carbocycles. The predicted molar refractivity (Wildman–Crippen MR) is 118 cm³/mol. The van der Waals surface area contributed by atoms with Gasteiger partial charge >= 0.3 is 0 Å². The Balaban J connectivity index is 1.68. The molecule has 1 fully saturated rings. The van der Waals surface area contributed by atoms with Gasteiger partial charge in [-0.15, -0.1) is 0 Å². The highest BCUT2D eigenvalue weighted by Gasteiger charge is 2.17. The number of benzene rings is 1. The fourth-order valence-electron chi connectivity index (χ4n) is 3.41. The molecule has 0 radical (unpaired) electrons. The lowest BCUT2D eigenvalue weighted by atomic mass is 10.1. The largest absolute Gasteiger partial charge is 0.456 e. The molecule has 1 saturated heterocycles. The van der Waals surface area contributed by atoms with Crippen molar-refractivity contribution in [3.05, 3.63) is 59.5 Å². The molecule has 2 aromatic heterocycles. The van der Waals surface area contributed by atoms with Crippen molar-refractivity contribution in [2.75, 3.05) is 37.7 Å². The van der Waals surface area contributed by atoms with Crippen molar-refractivity contribution in [3.8, 4) is 29.0 Å². The van der Waals surface area contributed by atoms with Crippen LogP contribution in [0.1, 0.15) is 22.9 Å². The summed E-state index contributed by atoms with van der Waals surface area (Å²) in [5.41, 5.74) is 7.94. The Morgan fingerprint density at radius 3 is 2.66 bits per heavy atom. The van der Waals surface area contributed by atoms with Crippen LogP contribution < -0.4 is 15.4 Å². The maximum atomic E-state index is 9.88. The van der Waals surface area contributed by atoms with Gasteiger partial charge in [-0.1, -0.05) is 0 Å². The number of nitrogens with zero attached hydrogens (tertiary/aromatic N) is 5. The molecular formula is C23H24N6O3. The van der Waals surface area contributed by atoms with Crippen molar-refractivity contribution >= 4 is 5.82 Å². The van der Waals surface area contributed by atoms with E-state index < -0.39 is 6.10 Å². The number of pyridine rings is 1. The van der Waals surface area contributed by atoms with Gasteiger partial charge in [0.1, 0.15) is 17.3 Å². The van der Waals surface area contributed by atoms with E-state index in [1.807, 2.05) is 19.1 Å². The third kappa shape index (κ3) is 4.84. The van der Waals surface area contributed by atoms with Gasteiger partial charge in [-0.05, 0) is 25.1 Å². The van der Waals surface area contributed by atoms with Crippen LogP contribution in [-0.2, 0) is 4.74 Å². The highest BCUT2D eigenvalue weighted by molar-refractivity contribution is 5.66. The molecule has 0 saturated carbocycles. The Morgan fingerprint density at radius 1 is 1.22 bits per heavy atom. The van der Waals surface area contributed by atoms with E-state index in [4.69, 9.17) is 15.2 Å². The van der Waals surface area contributed by atoms with Gasteiger partial charge in [0, 0.05) is 55.4 Å². The van der Waals surface area contributed by atoms with E-state index in [0.717, 1.165) is 24.6 Å². The standard InChI is InChI=1S/C23H24N6O3/c1-15-8-18(10-22(28-15)29-4-6-31-7-5-29)32-21-9-16(11-24)2-3-19(21)23-26-13-17(14-27-23)20(30)12-25/h2-3,8-10,13-14,20,30H,4-7,12,25H2,1H3/t20-/m1/s1. The molecule has 0 bridgehead atoms. The van der Waals surface area contributed by atoms with E-state index in [0.29, 0.717) is 47.2 Å². The normalized spacial score (nSPS) is 14.6. The fourth-order valence-corrected chi connectivity index (χ4v) is 3.41. The molecule has 0 aliphatic carbocycles. The Hall–Kier alpha value is -3.58. The second kappa shape index (κ2) is 9.70. The molecule has 3 aromatic rings. The minimum Gasteiger partial charge on any atom is -0.456 e. The van der Waals surface area contributed by atoms with Crippen LogP contribution in [-0.4, -0.2) is 52.9 Å². The van der Waals surface area contributed by atoms with Crippen LogP contribution in [0.4, 0.5) is 5.82 Å². The molecule has 32 heavy (non-hydrogen) atoms. The molecule has 3 N–H and O–H groups in total. The van der Waals surface area contributed by atoms with Crippen LogP contribution >= 0.6 is 0 Å². The molecule has 4 rings (SSSR count). The number of aliphatic hydroxyl groups is 1. The Kier molecular flexibility index (Phi) is 6.56. The summed E-state index contributed by atoms with van der Waals surface area (Å²) in [5, 5.41) is 19.3. The van der Waals surface area contributed by atoms with Crippen molar-refractivity contribution in [3.63, 3.8) is 0 Å². The summed E-state index contributed by atoms with van der Waals surface area (Å²) >= 11 is 0. The third-order valence-electron chi connectivity index (χ3n) is 5.11. The number of rotatable bonds is 6. The Morgan fingerprint density at radius 2 is 1.97 bits per heavy atom. The highest BCUT2D eigenvalue weighted by Crippen LogP contribution is 2.34. The van der Waals surface area contributed by atoms with Gasteiger partial charge in [-0.3, -0.25) is 0 Å². The third-order valence-corrected chi connectivity index (χ3v) is 5.11. The van der Waals surface area contributed by atoms with Gasteiger partial charge < -0.3 is 25.2 Å². The van der Waals surface area contributed by atoms with Crippen LogP contribution in [0, 0.1) is 18.3 Å². The molecule has 164 valence electrons. The minimum absolute atomic E-state index is 0.0841. The first-order valence-electron chi connectivity index (χ1n) is 10.3. The summed E-state index contributed by atoms with van der Waals surface area (Å²) in [5.74, 6) is 2.29. The number of morpholine rings is 1. The number of hydrogen-bond acceptors (Lipinski definition) is 9. The zero-order valence-electron chi connectivity index (χ0n) is 17.7. The molecular weight excluding hydrogens is 408 g/mol. The number of aromatic nitrogens is 3. The molecule has 0 unspecified atom stereocenters. The van der Waals surface area contributed by atoms with Crippen molar-refractivity contribution in [2.24, 2.45) is 5.73 Å². The maximum absolute atomic E-state index is 9.88. The molecule has 0 spiro atoms. The zero-order chi connectivity index (χ0) is 22.5. The molecule has 9 heteroatoms. The van der Waals surface area contributed by atoms with Gasteiger partial charge in [-0.2, -0.15) is 5.26 Å². The van der Waals surface area contributed by atoms with Crippen molar-refractivity contribution < 1.29 is 14.6 Å². The summed E-state index contributed by atoms with van der Waals surface area (Å²) < 4.78 is 11.6. The van der Waals surface area contributed by atoms with E-state index in [2.05, 4.69) is 25.9 Å². The van der Waals surface area contributed by atoms with Crippen LogP contribution in [0.2, 0.25) is 0 Å². The van der Waals surface area contributed by atoms with E-state index in [1.165, 1.54) is 12.4 Å². The van der Waals surface area contributed by atoms with Gasteiger partial charge in [0.05, 0.1) is 36.5 Å². The average Bonchev–Trinajstić information content (AvgIpc) is 2.84. The number of hydrogen-bond donors (Lipinski definition) is 2. The zero-order valence-corrected chi connectivity index (χ0v) is 17.7. The van der Waals surface area contributed by atoms with E-state index in [1.54, 1.807) is 18.2 Å². The first-order valence-corrected chi connectivity index (χ1v) is 10.3. The van der Waals surface area contributed by atoms with Crippen LogP contribution in [0.5, 0.6) is 11.5 Å². The summed E-state index contributed by atoms with van der Waals surface area (Å²) in [6.07, 6.45) is 2.25. The van der Waals surface area contributed by atoms with Gasteiger partial charge in [0.25, 0.3) is 0 Å². The second-order valence-corrected chi connectivity index (χ2v) is 7.42. The van der Waals surface area contributed by atoms with Gasteiger partial charge in [0.15, 0.2) is 5.82 Å². The van der Waals surface area contributed by atoms with Gasteiger partial charge in [0.2, 0.25) is 0 Å². The SMILES string of the molecule is Cc1cc(Oc2cc(C#N)ccc2-c2ncc([C@H](O)CN)cn2)cc(N2CCOCC2)n1. The smallest absolute Gasteiger partial charge is 0.162 e. The number of nitrogens with two attached hydrogens (primary N) is 1. The molecule has 1 aliphatic rings. The number of nitriles is 1. The van der Waals surface area contributed by atoms with E-state index in [-0.39, 0.29) is 6.54 Å². The Bertz CT molecular complexity index is 1120. The lowest BCUT2D eigenvalue weighted by Crippen LogP contribution is -2.36. The number of aryl methyl sites for hydroxylation is 1. The molecule has 3 heterocycles. The number of anilines is 1. The van der Waals surface area contributed by atoms with E-state index in [9.17, 15) is 10.4 Å². The van der Waals surface area contributed by atoms with Crippen molar-refractivity contribution in [1.29, 1.82) is 5.26 Å². The van der Waals surface area contributed by atoms with Crippen molar-refractivity contribution in [1.82, 2.24) is 15.0 Å². The highest BCUT2D eigenvalue weighted by atomic mass is 16.5. The van der Waals surface area contributed by atoms with Crippen LogP contribution in [0.15, 0.2) is 42.7 Å². The second-order valence-electron chi connectivity index (χ2n) is 7.42. The Labute approximate surface area is 186 Å². The monoisotopic (exact) mass is 432 g/mol. The van der Waals surface area contributed by atoms with Crippen LogP contribution in [0.3, 0.4) is 0 Å². The predicted octanol–water partition coefficient (Wildman–Crippen LogP) is 2.34. The van der Waals surface area contributed by atoms with Gasteiger partial charge in [-0.25, -0.2) is 15.0 Å². The van der Waals surface area contributed by atoms with Crippen molar-refractivity contribution in [2.45, 2.75) is 13.0 Å². The molecule has 1 atom stereocenters. The maximum Gasteiger partial charge on any atom is 0.162 e. The molecule has 9 nitrogen and oxygen atoms in total. The number of ether oxygens (including phenoxy) is 2. The van der Waals surface area contributed by atoms with E-state index >= 15 is 0 Å². The molecule has 0 amide bonds. The minimum atomic E-state index is -0.820. The topological polar surface area (TPSA) is 130 Å². The summed E-state index contributed by atoms with van der Waals surface area (Å²) in [4.78, 5) is 15.5.